The fourth-order valence-electron chi connectivity index (χ4n) is 1.54. The molecule has 100 valence electrons. The molecule has 0 aliphatic carbocycles. The summed E-state index contributed by atoms with van der Waals surface area (Å²) in [5.74, 6) is 0.0196. The molecule has 1 amide bonds. The zero-order chi connectivity index (χ0) is 13.8. The average Bonchev–Trinajstić information content (AvgIpc) is 2.79. The summed E-state index contributed by atoms with van der Waals surface area (Å²) in [6.45, 7) is 3.91. The van der Waals surface area contributed by atoms with Gasteiger partial charge in [-0.1, -0.05) is 55.5 Å². The van der Waals surface area contributed by atoms with Crippen molar-refractivity contribution in [3.8, 4) is 11.3 Å². The van der Waals surface area contributed by atoms with Gasteiger partial charge >= 0.3 is 0 Å². The van der Waals surface area contributed by atoms with Gasteiger partial charge in [-0.15, -0.1) is 0 Å². The maximum absolute atomic E-state index is 11.8. The quantitative estimate of drug-likeness (QED) is 0.887. The first kappa shape index (κ1) is 14.2. The van der Waals surface area contributed by atoms with Crippen LogP contribution in [0.25, 0.3) is 11.3 Å². The number of benzene rings is 1. The highest BCUT2D eigenvalue weighted by molar-refractivity contribution is 9.11. The van der Waals surface area contributed by atoms with Crippen molar-refractivity contribution in [3.63, 3.8) is 0 Å². The van der Waals surface area contributed by atoms with Gasteiger partial charge in [-0.2, -0.15) is 0 Å². The monoisotopic (exact) mass is 338 g/mol. The van der Waals surface area contributed by atoms with Gasteiger partial charge in [0.25, 0.3) is 0 Å². The Morgan fingerprint density at radius 1 is 1.42 bits per heavy atom. The molecule has 0 fully saturated rings. The van der Waals surface area contributed by atoms with Crippen molar-refractivity contribution in [2.75, 3.05) is 5.32 Å². The van der Waals surface area contributed by atoms with Crippen LogP contribution in [0.1, 0.15) is 20.3 Å². The highest BCUT2D eigenvalue weighted by Gasteiger charge is 2.15. The molecule has 0 bridgehead atoms. The number of hydrogen-bond acceptors (Lipinski definition) is 3. The van der Waals surface area contributed by atoms with Gasteiger partial charge in [-0.25, -0.2) is 4.98 Å². The fraction of sp³-hybridized carbons (Fsp3) is 0.286. The van der Waals surface area contributed by atoms with E-state index < -0.39 is 0 Å². The first-order valence-corrected chi connectivity index (χ1v) is 7.75. The van der Waals surface area contributed by atoms with E-state index in [2.05, 4.69) is 26.2 Å². The lowest BCUT2D eigenvalue weighted by Gasteiger charge is -2.06. The summed E-state index contributed by atoms with van der Waals surface area (Å²) >= 11 is 4.94. The molecule has 1 atom stereocenters. The summed E-state index contributed by atoms with van der Waals surface area (Å²) in [6.07, 6.45) is 0.823. The summed E-state index contributed by atoms with van der Waals surface area (Å²) in [5.41, 5.74) is 1.90. The Kier molecular flexibility index (Phi) is 4.71. The van der Waals surface area contributed by atoms with Gasteiger partial charge in [-0.05, 0) is 22.4 Å². The van der Waals surface area contributed by atoms with E-state index in [1.165, 1.54) is 11.3 Å². The molecular weight excluding hydrogens is 324 g/mol. The molecule has 0 aliphatic heterocycles. The van der Waals surface area contributed by atoms with Crippen molar-refractivity contribution in [1.29, 1.82) is 0 Å². The molecule has 19 heavy (non-hydrogen) atoms. The lowest BCUT2D eigenvalue weighted by atomic mass is 10.1. The molecule has 1 N–H and O–H groups in total. The number of carbonyl (C=O) groups is 1. The van der Waals surface area contributed by atoms with Crippen LogP contribution in [-0.2, 0) is 4.79 Å². The molecule has 0 radical (unpaired) electrons. The maximum atomic E-state index is 11.8. The molecule has 0 aliphatic rings. The Bertz CT molecular complexity index is 568. The molecule has 0 saturated heterocycles. The van der Waals surface area contributed by atoms with Crippen molar-refractivity contribution in [2.45, 2.75) is 20.3 Å². The highest BCUT2D eigenvalue weighted by Crippen LogP contribution is 2.35. The number of amides is 1. The molecule has 1 aromatic heterocycles. The topological polar surface area (TPSA) is 42.0 Å². The van der Waals surface area contributed by atoms with E-state index in [4.69, 9.17) is 0 Å². The number of rotatable bonds is 4. The summed E-state index contributed by atoms with van der Waals surface area (Å²) < 4.78 is 0.929. The molecule has 1 aromatic carbocycles. The van der Waals surface area contributed by atoms with Crippen LogP contribution in [0, 0.1) is 5.92 Å². The van der Waals surface area contributed by atoms with Crippen molar-refractivity contribution < 1.29 is 4.79 Å². The van der Waals surface area contributed by atoms with Gasteiger partial charge in [0.1, 0.15) is 0 Å². The first-order chi connectivity index (χ1) is 9.11. The largest absolute Gasteiger partial charge is 0.302 e. The Morgan fingerprint density at radius 3 is 2.74 bits per heavy atom. The summed E-state index contributed by atoms with van der Waals surface area (Å²) in [6, 6.07) is 9.91. The molecule has 2 aromatic rings. The van der Waals surface area contributed by atoms with Crippen LogP contribution < -0.4 is 5.32 Å². The number of nitrogens with one attached hydrogen (secondary N) is 1. The predicted octanol–water partition coefficient (Wildman–Crippen LogP) is 4.56. The Hall–Kier alpha value is -1.20. The lowest BCUT2D eigenvalue weighted by Crippen LogP contribution is -2.19. The Labute approximate surface area is 125 Å². The van der Waals surface area contributed by atoms with E-state index in [9.17, 15) is 4.79 Å². The van der Waals surface area contributed by atoms with E-state index >= 15 is 0 Å². The normalized spacial score (nSPS) is 12.2. The van der Waals surface area contributed by atoms with Crippen LogP contribution >= 0.6 is 27.3 Å². The van der Waals surface area contributed by atoms with Crippen molar-refractivity contribution in [1.82, 2.24) is 4.98 Å². The first-order valence-electron chi connectivity index (χ1n) is 6.14. The molecular formula is C14H15BrN2OS. The second-order valence-corrected chi connectivity index (χ2v) is 6.62. The van der Waals surface area contributed by atoms with Crippen molar-refractivity contribution >= 4 is 38.3 Å². The number of thiazole rings is 1. The van der Waals surface area contributed by atoms with Crippen LogP contribution in [0.2, 0.25) is 0 Å². The van der Waals surface area contributed by atoms with E-state index in [1.54, 1.807) is 0 Å². The van der Waals surface area contributed by atoms with Gasteiger partial charge in [0.15, 0.2) is 5.13 Å². The average molecular weight is 339 g/mol. The Morgan fingerprint density at radius 2 is 2.11 bits per heavy atom. The van der Waals surface area contributed by atoms with E-state index in [0.717, 1.165) is 21.5 Å². The summed E-state index contributed by atoms with van der Waals surface area (Å²) in [5, 5.41) is 3.50. The van der Waals surface area contributed by atoms with Crippen LogP contribution in [0.5, 0.6) is 0 Å². The third-order valence-electron chi connectivity index (χ3n) is 2.92. The zero-order valence-electron chi connectivity index (χ0n) is 10.8. The minimum absolute atomic E-state index is 0.00264. The zero-order valence-corrected chi connectivity index (χ0v) is 13.2. The fourth-order valence-corrected chi connectivity index (χ4v) is 3.04. The van der Waals surface area contributed by atoms with Gasteiger partial charge in [0.05, 0.1) is 9.48 Å². The number of anilines is 1. The number of aromatic nitrogens is 1. The van der Waals surface area contributed by atoms with Gasteiger partial charge in [0.2, 0.25) is 5.91 Å². The van der Waals surface area contributed by atoms with E-state index in [-0.39, 0.29) is 11.8 Å². The van der Waals surface area contributed by atoms with Crippen LogP contribution in [0.3, 0.4) is 0 Å². The second kappa shape index (κ2) is 6.30. The predicted molar refractivity (Wildman–Crippen MR) is 83.3 cm³/mol. The summed E-state index contributed by atoms with van der Waals surface area (Å²) in [7, 11) is 0. The lowest BCUT2D eigenvalue weighted by molar-refractivity contribution is -0.119. The highest BCUT2D eigenvalue weighted by atomic mass is 79.9. The van der Waals surface area contributed by atoms with E-state index in [0.29, 0.717) is 5.13 Å². The molecule has 5 heteroatoms. The number of halogens is 1. The molecule has 3 nitrogen and oxygen atoms in total. The van der Waals surface area contributed by atoms with Gasteiger partial charge in [-0.3, -0.25) is 4.79 Å². The van der Waals surface area contributed by atoms with Crippen LogP contribution in [0.15, 0.2) is 34.1 Å². The number of carbonyl (C=O) groups excluding carboxylic acids is 1. The Balaban J connectivity index is 2.20. The standard InChI is InChI=1S/C14H15BrN2OS/c1-3-9(2)13(18)17-14-16-11(12(15)19-14)10-7-5-4-6-8-10/h4-9H,3H2,1-2H3,(H,16,17,18)/t9-/m0/s1. The van der Waals surface area contributed by atoms with Gasteiger partial charge in [0, 0.05) is 11.5 Å². The molecule has 2 rings (SSSR count). The molecule has 0 spiro atoms. The molecule has 0 saturated carbocycles. The SMILES string of the molecule is CC[C@H](C)C(=O)Nc1nc(-c2ccccc2)c(Br)s1. The smallest absolute Gasteiger partial charge is 0.228 e. The molecule has 0 unspecified atom stereocenters. The van der Waals surface area contributed by atoms with Crippen molar-refractivity contribution in [2.24, 2.45) is 5.92 Å². The van der Waals surface area contributed by atoms with Crippen LogP contribution in [0.4, 0.5) is 5.13 Å². The third kappa shape index (κ3) is 3.42. The minimum Gasteiger partial charge on any atom is -0.302 e. The van der Waals surface area contributed by atoms with Crippen molar-refractivity contribution in [3.05, 3.63) is 34.1 Å². The summed E-state index contributed by atoms with van der Waals surface area (Å²) in [4.78, 5) is 16.3. The second-order valence-electron chi connectivity index (χ2n) is 4.31. The minimum atomic E-state index is 0.00264. The van der Waals surface area contributed by atoms with Crippen LogP contribution in [-0.4, -0.2) is 10.9 Å². The van der Waals surface area contributed by atoms with Gasteiger partial charge < -0.3 is 5.32 Å². The molecule has 1 heterocycles. The number of hydrogen-bond donors (Lipinski definition) is 1. The maximum Gasteiger partial charge on any atom is 0.228 e. The number of nitrogens with zero attached hydrogens (tertiary/aromatic N) is 1. The third-order valence-corrected chi connectivity index (χ3v) is 4.54. The van der Waals surface area contributed by atoms with E-state index in [1.807, 2.05) is 44.2 Å².